The highest BCUT2D eigenvalue weighted by atomic mass is 16.3. The number of nitroso groups, excluding NO2 is 1. The molecule has 6 heteroatoms. The first-order chi connectivity index (χ1) is 10.7. The molecule has 0 spiro atoms. The number of aryl methyl sites for hydroxylation is 1. The highest BCUT2D eigenvalue weighted by Gasteiger charge is 2.42. The molecule has 1 saturated heterocycles. The lowest BCUT2D eigenvalue weighted by Crippen LogP contribution is -2.27. The predicted octanol–water partition coefficient (Wildman–Crippen LogP) is 2.91. The van der Waals surface area contributed by atoms with Gasteiger partial charge in [0.15, 0.2) is 0 Å². The van der Waals surface area contributed by atoms with E-state index in [1.54, 1.807) is 23.6 Å². The van der Waals surface area contributed by atoms with Gasteiger partial charge in [-0.05, 0) is 36.8 Å². The summed E-state index contributed by atoms with van der Waals surface area (Å²) in [6, 6.07) is 7.67. The van der Waals surface area contributed by atoms with Crippen LogP contribution in [0.15, 0.2) is 42.9 Å². The molecule has 1 fully saturated rings. The molecule has 2 aromatic heterocycles. The van der Waals surface area contributed by atoms with Crippen molar-refractivity contribution in [3.8, 4) is 0 Å². The first kappa shape index (κ1) is 12.9. The Labute approximate surface area is 127 Å². The summed E-state index contributed by atoms with van der Waals surface area (Å²) in [4.78, 5) is 18.0. The molecule has 0 aliphatic carbocycles. The maximum atomic E-state index is 12.7. The van der Waals surface area contributed by atoms with Crippen molar-refractivity contribution in [3.63, 3.8) is 0 Å². The summed E-state index contributed by atoms with van der Waals surface area (Å²) in [5.74, 6) is 0. The van der Waals surface area contributed by atoms with Crippen molar-refractivity contribution in [1.82, 2.24) is 15.2 Å². The summed E-state index contributed by atoms with van der Waals surface area (Å²) in [5, 5.41) is 9.78. The Kier molecular flexibility index (Phi) is 2.89. The molecule has 1 N–H and O–H groups in total. The maximum absolute atomic E-state index is 12.7. The molecule has 6 nitrogen and oxygen atoms in total. The Hall–Kier alpha value is -2.76. The van der Waals surface area contributed by atoms with Crippen molar-refractivity contribution in [2.45, 2.75) is 19.4 Å². The fourth-order valence-electron chi connectivity index (χ4n) is 3.05. The van der Waals surface area contributed by atoms with Crippen LogP contribution in [0.3, 0.4) is 0 Å². The summed E-state index contributed by atoms with van der Waals surface area (Å²) < 4.78 is 0. The average molecular weight is 294 g/mol. The molecule has 3 aromatic rings. The van der Waals surface area contributed by atoms with Crippen molar-refractivity contribution >= 4 is 16.6 Å². The Morgan fingerprint density at radius 3 is 3.09 bits per heavy atom. The van der Waals surface area contributed by atoms with Gasteiger partial charge in [0, 0.05) is 29.8 Å². The minimum absolute atomic E-state index is 0.175. The number of benzene rings is 1. The zero-order valence-corrected chi connectivity index (χ0v) is 12.2. The van der Waals surface area contributed by atoms with Gasteiger partial charge in [0.2, 0.25) is 0 Å². The number of anilines is 1. The lowest BCUT2D eigenvalue weighted by Gasteiger charge is -2.09. The third-order valence-electron chi connectivity index (χ3n) is 4.28. The lowest BCUT2D eigenvalue weighted by atomic mass is 10.0. The summed E-state index contributed by atoms with van der Waals surface area (Å²) in [7, 11) is 0. The number of rotatable bonds is 2. The number of hydrogen-bond acceptors (Lipinski definition) is 3. The lowest BCUT2D eigenvalue weighted by molar-refractivity contribution is -0.583. The van der Waals surface area contributed by atoms with Gasteiger partial charge in [-0.3, -0.25) is 10.1 Å². The van der Waals surface area contributed by atoms with Crippen LogP contribution in [0.25, 0.3) is 10.9 Å². The minimum Gasteiger partial charge on any atom is -0.278 e. The minimum atomic E-state index is -0.175. The Balaban J connectivity index is 1.67. The number of H-pyrrole nitrogens is 1. The normalized spacial score (nSPS) is 18.3. The highest BCUT2D eigenvalue weighted by Crippen LogP contribution is 2.33. The molecule has 0 bridgehead atoms. The summed E-state index contributed by atoms with van der Waals surface area (Å²) in [6.45, 7) is 2.71. The molecule has 110 valence electrons. The van der Waals surface area contributed by atoms with Crippen LogP contribution in [0.2, 0.25) is 0 Å². The van der Waals surface area contributed by atoms with E-state index in [0.29, 0.717) is 6.54 Å². The third-order valence-corrected chi connectivity index (χ3v) is 4.28. The van der Waals surface area contributed by atoms with Crippen LogP contribution in [0.1, 0.15) is 23.6 Å². The van der Waals surface area contributed by atoms with Gasteiger partial charge in [0.1, 0.15) is 10.6 Å². The van der Waals surface area contributed by atoms with E-state index in [4.69, 9.17) is 0 Å². The van der Waals surface area contributed by atoms with E-state index < -0.39 is 0 Å². The number of nitrogens with one attached hydrogen (secondary N) is 1. The van der Waals surface area contributed by atoms with Crippen LogP contribution in [0, 0.1) is 11.8 Å². The van der Waals surface area contributed by atoms with Crippen LogP contribution in [-0.4, -0.2) is 26.6 Å². The third kappa shape index (κ3) is 1.95. The summed E-state index contributed by atoms with van der Waals surface area (Å²) in [5.41, 5.74) is 3.93. The molecule has 1 aliphatic heterocycles. The molecule has 22 heavy (non-hydrogen) atoms. The van der Waals surface area contributed by atoms with Gasteiger partial charge in [-0.2, -0.15) is 5.10 Å². The van der Waals surface area contributed by atoms with Gasteiger partial charge in [-0.1, -0.05) is 0 Å². The second kappa shape index (κ2) is 4.91. The van der Waals surface area contributed by atoms with Gasteiger partial charge >= 0.3 is 0 Å². The van der Waals surface area contributed by atoms with Gasteiger partial charge in [-0.25, -0.2) is 0 Å². The molecule has 0 radical (unpaired) electrons. The van der Waals surface area contributed by atoms with Crippen molar-refractivity contribution in [2.75, 3.05) is 11.6 Å². The molecule has 1 atom stereocenters. The summed E-state index contributed by atoms with van der Waals surface area (Å²) in [6.07, 6.45) is 6.12. The molecule has 0 amide bonds. The van der Waals surface area contributed by atoms with Gasteiger partial charge in [0.25, 0.3) is 6.04 Å². The molecular weight excluding hydrogens is 278 g/mol. The number of pyridine rings is 1. The van der Waals surface area contributed by atoms with Crippen molar-refractivity contribution in [2.24, 2.45) is 0 Å². The van der Waals surface area contributed by atoms with Crippen LogP contribution in [0.4, 0.5) is 5.69 Å². The largest absolute Gasteiger partial charge is 0.278 e. The number of aromatic nitrogens is 3. The van der Waals surface area contributed by atoms with E-state index >= 15 is 0 Å². The molecule has 1 aliphatic rings. The zero-order valence-electron chi connectivity index (χ0n) is 12.2. The molecule has 3 heterocycles. The molecule has 1 aromatic carbocycles. The van der Waals surface area contributed by atoms with Crippen LogP contribution in [-0.2, 0) is 0 Å². The SMILES string of the molecule is Cc1ccncc1C1CCN(c2ccc3cn[nH]c3c2)[N+]1=O. The number of hydrogen-bond donors (Lipinski definition) is 1. The fraction of sp³-hybridized carbons (Fsp3) is 0.250. The second-order valence-corrected chi connectivity index (χ2v) is 5.60. The number of hydrazine groups is 1. The number of aromatic amines is 1. The first-order valence-electron chi connectivity index (χ1n) is 7.31. The fourth-order valence-corrected chi connectivity index (χ4v) is 3.05. The predicted molar refractivity (Wildman–Crippen MR) is 83.4 cm³/mol. The quantitative estimate of drug-likeness (QED) is 0.738. The molecule has 4 rings (SSSR count). The van der Waals surface area contributed by atoms with Crippen LogP contribution in [0.5, 0.6) is 0 Å². The van der Waals surface area contributed by atoms with Crippen molar-refractivity contribution in [3.05, 3.63) is 58.9 Å². The van der Waals surface area contributed by atoms with Gasteiger partial charge < -0.3 is 0 Å². The molecule has 0 saturated carbocycles. The Bertz CT molecular complexity index is 856. The maximum Gasteiger partial charge on any atom is 0.263 e. The van der Waals surface area contributed by atoms with E-state index in [2.05, 4.69) is 15.2 Å². The topological polar surface area (TPSA) is 64.9 Å². The average Bonchev–Trinajstić information content (AvgIpc) is 3.13. The molecular formula is C16H16N5O+. The first-order valence-corrected chi connectivity index (χ1v) is 7.31. The Morgan fingerprint density at radius 2 is 2.23 bits per heavy atom. The highest BCUT2D eigenvalue weighted by molar-refractivity contribution is 5.81. The molecule has 1 unspecified atom stereocenters. The van der Waals surface area contributed by atoms with E-state index in [0.717, 1.165) is 39.0 Å². The standard InChI is InChI=1S/C16H16N5O/c1-11-4-6-17-10-14(11)16-5-7-20(21(16)22)13-3-2-12-9-18-19-15(12)8-13/h2-4,6,8-10,16H,5,7H2,1H3,(H,18,19)/q+1. The van der Waals surface area contributed by atoms with E-state index in [1.807, 2.05) is 31.2 Å². The number of fused-ring (bicyclic) bond motifs is 1. The van der Waals surface area contributed by atoms with Crippen molar-refractivity contribution < 1.29 is 4.87 Å². The van der Waals surface area contributed by atoms with Crippen LogP contribution < -0.4 is 5.01 Å². The van der Waals surface area contributed by atoms with Gasteiger partial charge in [0.05, 0.1) is 23.2 Å². The second-order valence-electron chi connectivity index (χ2n) is 5.60. The number of nitrogens with zero attached hydrogens (tertiary/aromatic N) is 4. The summed E-state index contributed by atoms with van der Waals surface area (Å²) >= 11 is 0. The van der Waals surface area contributed by atoms with Crippen LogP contribution >= 0.6 is 0 Å². The van der Waals surface area contributed by atoms with Gasteiger partial charge in [-0.15, -0.1) is 5.01 Å². The Morgan fingerprint density at radius 1 is 1.32 bits per heavy atom. The van der Waals surface area contributed by atoms with E-state index in [-0.39, 0.29) is 6.04 Å². The smallest absolute Gasteiger partial charge is 0.263 e. The zero-order chi connectivity index (χ0) is 15.1. The monoisotopic (exact) mass is 294 g/mol. The van der Waals surface area contributed by atoms with E-state index in [1.165, 1.54) is 0 Å². The van der Waals surface area contributed by atoms with E-state index in [9.17, 15) is 4.91 Å². The van der Waals surface area contributed by atoms with Crippen molar-refractivity contribution in [1.29, 1.82) is 0 Å².